The van der Waals surface area contributed by atoms with Gasteiger partial charge in [0.25, 0.3) is 5.91 Å². The Hall–Kier alpha value is -2.76. The summed E-state index contributed by atoms with van der Waals surface area (Å²) in [5, 5.41) is 3.40. The normalized spacial score (nSPS) is 14.8. The summed E-state index contributed by atoms with van der Waals surface area (Å²) in [4.78, 5) is 14.7. The zero-order valence-electron chi connectivity index (χ0n) is 15.0. The second-order valence-corrected chi connectivity index (χ2v) is 6.26. The molecule has 2 aromatic rings. The average molecular weight is 358 g/mol. The Morgan fingerprint density at radius 2 is 1.77 bits per heavy atom. The quantitative estimate of drug-likeness (QED) is 0.888. The van der Waals surface area contributed by atoms with E-state index in [1.54, 1.807) is 37.4 Å². The summed E-state index contributed by atoms with van der Waals surface area (Å²) in [6.45, 7) is 1.30. The summed E-state index contributed by atoms with van der Waals surface area (Å²) in [7, 11) is 3.09. The predicted molar refractivity (Wildman–Crippen MR) is 98.5 cm³/mol. The standard InChI is InChI=1S/C20H23FN2O3/c1-25-18-5-3-4-17(19(18)26-2)20(24)23-12-10-16(11-13-23)22-15-8-6-14(21)7-9-15/h3-9,16,22H,10-13H2,1-2H3. The van der Waals surface area contributed by atoms with Gasteiger partial charge in [-0.05, 0) is 49.2 Å². The number of carbonyl (C=O) groups is 1. The van der Waals surface area contributed by atoms with Gasteiger partial charge in [0, 0.05) is 24.8 Å². The van der Waals surface area contributed by atoms with Crippen molar-refractivity contribution in [1.82, 2.24) is 4.90 Å². The molecule has 26 heavy (non-hydrogen) atoms. The smallest absolute Gasteiger partial charge is 0.257 e. The lowest BCUT2D eigenvalue weighted by Gasteiger charge is -2.33. The molecule has 0 bridgehead atoms. The highest BCUT2D eigenvalue weighted by Gasteiger charge is 2.26. The summed E-state index contributed by atoms with van der Waals surface area (Å²) in [6.07, 6.45) is 1.66. The minimum Gasteiger partial charge on any atom is -0.493 e. The van der Waals surface area contributed by atoms with E-state index in [-0.39, 0.29) is 17.8 Å². The Labute approximate surface area is 152 Å². The predicted octanol–water partition coefficient (Wildman–Crippen LogP) is 3.56. The fourth-order valence-electron chi connectivity index (χ4n) is 3.23. The molecule has 0 spiro atoms. The topological polar surface area (TPSA) is 50.8 Å². The van der Waals surface area contributed by atoms with Crippen molar-refractivity contribution in [3.05, 3.63) is 53.8 Å². The molecular weight excluding hydrogens is 335 g/mol. The molecular formula is C20H23FN2O3. The van der Waals surface area contributed by atoms with Crippen LogP contribution in [0.5, 0.6) is 11.5 Å². The Bertz CT molecular complexity index is 756. The van der Waals surface area contributed by atoms with Crippen molar-refractivity contribution < 1.29 is 18.7 Å². The van der Waals surface area contributed by atoms with Gasteiger partial charge in [-0.25, -0.2) is 4.39 Å². The molecule has 1 aliphatic rings. The van der Waals surface area contributed by atoms with Gasteiger partial charge < -0.3 is 19.7 Å². The summed E-state index contributed by atoms with van der Waals surface area (Å²) in [5.41, 5.74) is 1.41. The highest BCUT2D eigenvalue weighted by Crippen LogP contribution is 2.32. The molecule has 1 aliphatic heterocycles. The fraction of sp³-hybridized carbons (Fsp3) is 0.350. The van der Waals surface area contributed by atoms with Crippen LogP contribution in [0.2, 0.25) is 0 Å². The van der Waals surface area contributed by atoms with E-state index in [2.05, 4.69) is 5.32 Å². The molecule has 1 fully saturated rings. The second-order valence-electron chi connectivity index (χ2n) is 6.26. The highest BCUT2D eigenvalue weighted by atomic mass is 19.1. The minimum atomic E-state index is -0.247. The minimum absolute atomic E-state index is 0.0546. The Balaban J connectivity index is 1.63. The van der Waals surface area contributed by atoms with Crippen LogP contribution in [-0.4, -0.2) is 44.2 Å². The van der Waals surface area contributed by atoms with E-state index in [1.165, 1.54) is 19.2 Å². The molecule has 2 aromatic carbocycles. The van der Waals surface area contributed by atoms with Gasteiger partial charge in [0.15, 0.2) is 11.5 Å². The number of hydrogen-bond donors (Lipinski definition) is 1. The number of piperidine rings is 1. The number of amides is 1. The number of rotatable bonds is 5. The molecule has 1 amide bonds. The number of carbonyl (C=O) groups excluding carboxylic acids is 1. The largest absolute Gasteiger partial charge is 0.493 e. The average Bonchev–Trinajstić information content (AvgIpc) is 2.69. The van der Waals surface area contributed by atoms with E-state index >= 15 is 0 Å². The van der Waals surface area contributed by atoms with Crippen molar-refractivity contribution in [3.63, 3.8) is 0 Å². The van der Waals surface area contributed by atoms with Gasteiger partial charge in [-0.2, -0.15) is 0 Å². The molecule has 6 heteroatoms. The van der Waals surface area contributed by atoms with Crippen LogP contribution in [0.4, 0.5) is 10.1 Å². The van der Waals surface area contributed by atoms with Gasteiger partial charge in [-0.3, -0.25) is 4.79 Å². The zero-order valence-corrected chi connectivity index (χ0v) is 15.0. The summed E-state index contributed by atoms with van der Waals surface area (Å²) in [5.74, 6) is 0.710. The van der Waals surface area contributed by atoms with Gasteiger partial charge in [-0.15, -0.1) is 0 Å². The van der Waals surface area contributed by atoms with Crippen molar-refractivity contribution in [2.24, 2.45) is 0 Å². The van der Waals surface area contributed by atoms with Gasteiger partial charge >= 0.3 is 0 Å². The van der Waals surface area contributed by atoms with Crippen LogP contribution >= 0.6 is 0 Å². The molecule has 3 rings (SSSR count). The SMILES string of the molecule is COc1cccc(C(=O)N2CCC(Nc3ccc(F)cc3)CC2)c1OC. The van der Waals surface area contributed by atoms with Crippen LogP contribution in [0.1, 0.15) is 23.2 Å². The molecule has 0 radical (unpaired) electrons. The number of ether oxygens (including phenoxy) is 2. The molecule has 0 aromatic heterocycles. The fourth-order valence-corrected chi connectivity index (χ4v) is 3.23. The lowest BCUT2D eigenvalue weighted by molar-refractivity contribution is 0.0714. The van der Waals surface area contributed by atoms with Crippen LogP contribution in [0.25, 0.3) is 0 Å². The number of benzene rings is 2. The monoisotopic (exact) mass is 358 g/mol. The second kappa shape index (κ2) is 8.08. The number of anilines is 1. The lowest BCUT2D eigenvalue weighted by atomic mass is 10.0. The number of halogens is 1. The van der Waals surface area contributed by atoms with Gasteiger partial charge in [0.2, 0.25) is 0 Å². The first-order valence-electron chi connectivity index (χ1n) is 8.64. The third-order valence-corrected chi connectivity index (χ3v) is 4.63. The van der Waals surface area contributed by atoms with Crippen LogP contribution in [-0.2, 0) is 0 Å². The summed E-state index contributed by atoms with van der Waals surface area (Å²) in [6, 6.07) is 11.9. The number of para-hydroxylation sites is 1. The molecule has 5 nitrogen and oxygen atoms in total. The number of likely N-dealkylation sites (tertiary alicyclic amines) is 1. The van der Waals surface area contributed by atoms with E-state index in [0.29, 0.717) is 30.2 Å². The first kappa shape index (κ1) is 18.0. The first-order valence-corrected chi connectivity index (χ1v) is 8.64. The molecule has 0 atom stereocenters. The Morgan fingerprint density at radius 3 is 2.38 bits per heavy atom. The van der Waals surface area contributed by atoms with Gasteiger partial charge in [-0.1, -0.05) is 6.07 Å². The summed E-state index contributed by atoms with van der Waals surface area (Å²) >= 11 is 0. The highest BCUT2D eigenvalue weighted by molar-refractivity contribution is 5.97. The van der Waals surface area contributed by atoms with Crippen molar-refractivity contribution in [2.45, 2.75) is 18.9 Å². The van der Waals surface area contributed by atoms with E-state index in [4.69, 9.17) is 9.47 Å². The van der Waals surface area contributed by atoms with E-state index in [0.717, 1.165) is 18.5 Å². The van der Waals surface area contributed by atoms with Crippen LogP contribution in [0.15, 0.2) is 42.5 Å². The lowest BCUT2D eigenvalue weighted by Crippen LogP contribution is -2.42. The number of nitrogens with zero attached hydrogens (tertiary/aromatic N) is 1. The van der Waals surface area contributed by atoms with Gasteiger partial charge in [0.1, 0.15) is 5.82 Å². The maximum absolute atomic E-state index is 13.0. The maximum atomic E-state index is 13.0. The van der Waals surface area contributed by atoms with Crippen LogP contribution in [0, 0.1) is 5.82 Å². The molecule has 1 N–H and O–H groups in total. The molecule has 1 saturated heterocycles. The van der Waals surface area contributed by atoms with Crippen molar-refractivity contribution in [3.8, 4) is 11.5 Å². The zero-order chi connectivity index (χ0) is 18.5. The Morgan fingerprint density at radius 1 is 1.08 bits per heavy atom. The van der Waals surface area contributed by atoms with Crippen molar-refractivity contribution in [2.75, 3.05) is 32.6 Å². The molecule has 138 valence electrons. The third-order valence-electron chi connectivity index (χ3n) is 4.63. The Kier molecular flexibility index (Phi) is 5.61. The molecule has 0 saturated carbocycles. The van der Waals surface area contributed by atoms with E-state index in [9.17, 15) is 9.18 Å². The van der Waals surface area contributed by atoms with Gasteiger partial charge in [0.05, 0.1) is 19.8 Å². The van der Waals surface area contributed by atoms with Crippen LogP contribution in [0.3, 0.4) is 0 Å². The third kappa shape index (κ3) is 3.90. The van der Waals surface area contributed by atoms with E-state index in [1.807, 2.05) is 4.90 Å². The van der Waals surface area contributed by atoms with Crippen LogP contribution < -0.4 is 14.8 Å². The first-order chi connectivity index (χ1) is 12.6. The number of methoxy groups -OCH3 is 2. The number of hydrogen-bond acceptors (Lipinski definition) is 4. The molecule has 0 unspecified atom stereocenters. The van der Waals surface area contributed by atoms with E-state index < -0.39 is 0 Å². The molecule has 1 heterocycles. The van der Waals surface area contributed by atoms with Crippen molar-refractivity contribution >= 4 is 11.6 Å². The summed E-state index contributed by atoms with van der Waals surface area (Å²) < 4.78 is 23.6. The molecule has 0 aliphatic carbocycles. The maximum Gasteiger partial charge on any atom is 0.257 e. The number of nitrogens with one attached hydrogen (secondary N) is 1. The van der Waals surface area contributed by atoms with Crippen molar-refractivity contribution in [1.29, 1.82) is 0 Å².